The number of carbonyl (C=O) groups is 1. The Balaban J connectivity index is 3.36. The summed E-state index contributed by atoms with van der Waals surface area (Å²) < 4.78 is 9.74. The largest absolute Gasteiger partial charge is 0.442 e. The van der Waals surface area contributed by atoms with Gasteiger partial charge in [-0.25, -0.2) is 4.79 Å². The number of carbonyl (C=O) groups excluding carboxylic acids is 1. The predicted molar refractivity (Wildman–Crippen MR) is 51.8 cm³/mol. The standard InChI is InChI=1S/C9H19NO4/c1-9(2,3)14-8(11)10-13-7-5-6-12-4/h5-7H2,1-4H3,(H,10,11). The van der Waals surface area contributed by atoms with E-state index in [4.69, 9.17) is 14.3 Å². The lowest BCUT2D eigenvalue weighted by Crippen LogP contribution is -2.32. The Morgan fingerprint density at radius 1 is 1.29 bits per heavy atom. The van der Waals surface area contributed by atoms with Gasteiger partial charge in [-0.05, 0) is 27.2 Å². The van der Waals surface area contributed by atoms with Crippen LogP contribution >= 0.6 is 0 Å². The Labute approximate surface area is 84.7 Å². The van der Waals surface area contributed by atoms with Gasteiger partial charge >= 0.3 is 6.09 Å². The van der Waals surface area contributed by atoms with Gasteiger partial charge in [0.05, 0.1) is 6.61 Å². The van der Waals surface area contributed by atoms with Gasteiger partial charge in [0.15, 0.2) is 0 Å². The smallest absolute Gasteiger partial charge is 0.431 e. The summed E-state index contributed by atoms with van der Waals surface area (Å²) >= 11 is 0. The van der Waals surface area contributed by atoms with Crippen LogP contribution < -0.4 is 5.48 Å². The van der Waals surface area contributed by atoms with E-state index >= 15 is 0 Å². The molecule has 0 spiro atoms. The van der Waals surface area contributed by atoms with E-state index in [0.717, 1.165) is 6.42 Å². The monoisotopic (exact) mass is 205 g/mol. The maximum Gasteiger partial charge on any atom is 0.431 e. The molecule has 0 saturated carbocycles. The minimum atomic E-state index is -0.574. The zero-order valence-corrected chi connectivity index (χ0v) is 9.25. The highest BCUT2D eigenvalue weighted by atomic mass is 16.7. The number of ether oxygens (including phenoxy) is 2. The first-order valence-corrected chi connectivity index (χ1v) is 4.55. The minimum absolute atomic E-state index is 0.410. The van der Waals surface area contributed by atoms with Crippen LogP contribution in [0.5, 0.6) is 0 Å². The molecule has 14 heavy (non-hydrogen) atoms. The fourth-order valence-corrected chi connectivity index (χ4v) is 0.684. The third kappa shape index (κ3) is 9.28. The van der Waals surface area contributed by atoms with Gasteiger partial charge in [-0.1, -0.05) is 0 Å². The molecule has 0 aromatic heterocycles. The van der Waals surface area contributed by atoms with Gasteiger partial charge in [0.1, 0.15) is 5.60 Å². The molecule has 0 aliphatic carbocycles. The van der Waals surface area contributed by atoms with Crippen LogP contribution in [0.1, 0.15) is 27.2 Å². The Kier molecular flexibility index (Phi) is 6.23. The number of hydroxylamine groups is 1. The molecule has 0 heterocycles. The molecule has 0 saturated heterocycles. The van der Waals surface area contributed by atoms with Gasteiger partial charge in [0.25, 0.3) is 0 Å². The maximum atomic E-state index is 11.0. The predicted octanol–water partition coefficient (Wildman–Crippen LogP) is 1.48. The zero-order valence-electron chi connectivity index (χ0n) is 9.25. The highest BCUT2D eigenvalue weighted by Gasteiger charge is 2.15. The van der Waals surface area contributed by atoms with Crippen LogP contribution in [0.3, 0.4) is 0 Å². The molecule has 0 rings (SSSR count). The molecular formula is C9H19NO4. The number of hydrogen-bond donors (Lipinski definition) is 1. The Hall–Kier alpha value is -0.810. The molecule has 0 atom stereocenters. The van der Waals surface area contributed by atoms with Gasteiger partial charge in [0, 0.05) is 13.7 Å². The average Bonchev–Trinajstić information content (AvgIpc) is 2.00. The van der Waals surface area contributed by atoms with Gasteiger partial charge < -0.3 is 9.47 Å². The fraction of sp³-hybridized carbons (Fsp3) is 0.889. The van der Waals surface area contributed by atoms with Crippen LogP contribution in [0.15, 0.2) is 0 Å². The Morgan fingerprint density at radius 3 is 2.43 bits per heavy atom. The van der Waals surface area contributed by atoms with Crippen LogP contribution in [-0.2, 0) is 14.3 Å². The first-order valence-electron chi connectivity index (χ1n) is 4.55. The van der Waals surface area contributed by atoms with Gasteiger partial charge in [0.2, 0.25) is 0 Å². The summed E-state index contributed by atoms with van der Waals surface area (Å²) in [5.41, 5.74) is 1.68. The first-order chi connectivity index (χ1) is 6.45. The van der Waals surface area contributed by atoms with Crippen molar-refractivity contribution in [2.45, 2.75) is 32.8 Å². The third-order valence-electron chi connectivity index (χ3n) is 1.15. The number of amides is 1. The highest BCUT2D eigenvalue weighted by molar-refractivity contribution is 5.66. The topological polar surface area (TPSA) is 56.8 Å². The van der Waals surface area contributed by atoms with Gasteiger partial charge in [-0.2, -0.15) is 5.48 Å². The molecule has 0 aromatic rings. The molecule has 0 fully saturated rings. The summed E-state index contributed by atoms with van der Waals surface area (Å²) in [6, 6.07) is 0. The van der Waals surface area contributed by atoms with Crippen LogP contribution in [0.4, 0.5) is 4.79 Å². The second-order valence-corrected chi connectivity index (χ2v) is 3.80. The molecule has 5 heteroatoms. The molecule has 0 bridgehead atoms. The van der Waals surface area contributed by atoms with Crippen LogP contribution in [0.2, 0.25) is 0 Å². The molecule has 0 aliphatic rings. The van der Waals surface area contributed by atoms with E-state index in [9.17, 15) is 4.79 Å². The lowest BCUT2D eigenvalue weighted by Gasteiger charge is -2.19. The molecule has 1 amide bonds. The molecule has 84 valence electrons. The Morgan fingerprint density at radius 2 is 1.93 bits per heavy atom. The fourth-order valence-electron chi connectivity index (χ4n) is 0.684. The van der Waals surface area contributed by atoms with E-state index in [1.807, 2.05) is 0 Å². The van der Waals surface area contributed by atoms with Crippen molar-refractivity contribution in [3.8, 4) is 0 Å². The minimum Gasteiger partial charge on any atom is -0.442 e. The third-order valence-corrected chi connectivity index (χ3v) is 1.15. The quantitative estimate of drug-likeness (QED) is 0.545. The highest BCUT2D eigenvalue weighted by Crippen LogP contribution is 2.06. The lowest BCUT2D eigenvalue weighted by atomic mass is 10.2. The van der Waals surface area contributed by atoms with Gasteiger partial charge in [-0.15, -0.1) is 0 Å². The molecule has 0 radical (unpaired) electrons. The van der Waals surface area contributed by atoms with Crippen molar-refractivity contribution < 1.29 is 19.1 Å². The second-order valence-electron chi connectivity index (χ2n) is 3.80. The normalized spacial score (nSPS) is 11.1. The van der Waals surface area contributed by atoms with E-state index in [-0.39, 0.29) is 0 Å². The first kappa shape index (κ1) is 13.2. The molecule has 0 unspecified atom stereocenters. The number of rotatable bonds is 5. The molecule has 0 aromatic carbocycles. The summed E-state index contributed by atoms with van der Waals surface area (Å²) in [5.74, 6) is 0. The molecule has 5 nitrogen and oxygen atoms in total. The van der Waals surface area contributed by atoms with Crippen molar-refractivity contribution in [3.63, 3.8) is 0 Å². The maximum absolute atomic E-state index is 11.0. The van der Waals surface area contributed by atoms with Crippen molar-refractivity contribution in [2.75, 3.05) is 20.3 Å². The summed E-state index contributed by atoms with van der Waals surface area (Å²) in [6.45, 7) is 6.38. The van der Waals surface area contributed by atoms with E-state index in [2.05, 4.69) is 5.48 Å². The van der Waals surface area contributed by atoms with Crippen molar-refractivity contribution in [1.82, 2.24) is 5.48 Å². The zero-order chi connectivity index (χ0) is 11.0. The molecule has 0 aliphatic heterocycles. The molecule has 1 N–H and O–H groups in total. The number of hydrogen-bond acceptors (Lipinski definition) is 4. The summed E-state index contributed by atoms with van der Waals surface area (Å²) in [7, 11) is 1.61. The number of methoxy groups -OCH3 is 1. The van der Waals surface area contributed by atoms with E-state index < -0.39 is 11.7 Å². The van der Waals surface area contributed by atoms with Gasteiger partial charge in [-0.3, -0.25) is 4.84 Å². The summed E-state index contributed by atoms with van der Waals surface area (Å²) in [5, 5.41) is 0. The van der Waals surface area contributed by atoms with E-state index in [1.54, 1.807) is 27.9 Å². The van der Waals surface area contributed by atoms with Crippen molar-refractivity contribution in [1.29, 1.82) is 0 Å². The van der Waals surface area contributed by atoms with E-state index in [1.165, 1.54) is 0 Å². The summed E-state index contributed by atoms with van der Waals surface area (Å²) in [4.78, 5) is 15.8. The summed E-state index contributed by atoms with van der Waals surface area (Å²) in [6.07, 6.45) is 0.154. The van der Waals surface area contributed by atoms with Crippen LogP contribution in [0, 0.1) is 0 Å². The van der Waals surface area contributed by atoms with Crippen molar-refractivity contribution >= 4 is 6.09 Å². The number of nitrogens with one attached hydrogen (secondary N) is 1. The van der Waals surface area contributed by atoms with Crippen LogP contribution in [0.25, 0.3) is 0 Å². The average molecular weight is 205 g/mol. The Bertz CT molecular complexity index is 165. The molecular weight excluding hydrogens is 186 g/mol. The van der Waals surface area contributed by atoms with Crippen LogP contribution in [-0.4, -0.2) is 32.0 Å². The lowest BCUT2D eigenvalue weighted by molar-refractivity contribution is -0.0118. The van der Waals surface area contributed by atoms with Crippen molar-refractivity contribution in [3.05, 3.63) is 0 Å². The van der Waals surface area contributed by atoms with E-state index in [0.29, 0.717) is 13.2 Å². The second kappa shape index (κ2) is 6.62. The SMILES string of the molecule is COCCCONC(=O)OC(C)(C)C. The van der Waals surface area contributed by atoms with Crippen molar-refractivity contribution in [2.24, 2.45) is 0 Å².